The summed E-state index contributed by atoms with van der Waals surface area (Å²) in [7, 11) is 1.70. The van der Waals surface area contributed by atoms with Crippen molar-refractivity contribution in [1.82, 2.24) is 9.80 Å². The zero-order valence-electron chi connectivity index (χ0n) is 30.6. The summed E-state index contributed by atoms with van der Waals surface area (Å²) in [4.78, 5) is 30.1. The number of carboxylic acid groups (broad SMARTS) is 1. The Morgan fingerprint density at radius 3 is 2.19 bits per heavy atom. The second kappa shape index (κ2) is 18.6. The van der Waals surface area contributed by atoms with Gasteiger partial charge in [-0.05, 0) is 116 Å². The summed E-state index contributed by atoms with van der Waals surface area (Å²) >= 11 is 12.6. The number of hydrogen-bond acceptors (Lipinski definition) is 7. The fraction of sp³-hybridized carbons (Fsp3) is 0.512. The Bertz CT molecular complexity index is 1670. The Hall–Kier alpha value is -3.70. The van der Waals surface area contributed by atoms with Gasteiger partial charge in [0.2, 0.25) is 5.91 Å². The number of hydrogen-bond donors (Lipinski definition) is 1. The Labute approximate surface area is 322 Å². The van der Waals surface area contributed by atoms with Gasteiger partial charge in [-0.2, -0.15) is 0 Å². The number of nitrogens with zero attached hydrogens (tertiary/aromatic N) is 2. The number of ether oxygens (including phenoxy) is 5. The van der Waals surface area contributed by atoms with E-state index >= 15 is 0 Å². The molecule has 0 radical (unpaired) electrons. The molecule has 10 nitrogen and oxygen atoms in total. The van der Waals surface area contributed by atoms with Gasteiger partial charge in [-0.3, -0.25) is 4.79 Å². The highest BCUT2D eigenvalue weighted by Crippen LogP contribution is 2.39. The Balaban J connectivity index is 1.13. The smallest absolute Gasteiger partial charge is 0.407 e. The lowest BCUT2D eigenvalue weighted by Crippen LogP contribution is -2.49. The Morgan fingerprint density at radius 1 is 0.830 bits per heavy atom. The normalized spacial score (nSPS) is 18.5. The third kappa shape index (κ3) is 11.2. The highest BCUT2D eigenvalue weighted by molar-refractivity contribution is 6.37. The van der Waals surface area contributed by atoms with E-state index in [1.807, 2.05) is 42.2 Å². The second-order valence-corrected chi connectivity index (χ2v) is 15.1. The van der Waals surface area contributed by atoms with Crippen LogP contribution in [0, 0.1) is 12.8 Å². The van der Waals surface area contributed by atoms with Crippen LogP contribution < -0.4 is 14.2 Å². The summed E-state index contributed by atoms with van der Waals surface area (Å²) in [5.74, 6) is 1.17. The van der Waals surface area contributed by atoms with E-state index in [0.717, 1.165) is 66.5 Å². The summed E-state index contributed by atoms with van der Waals surface area (Å²) in [6, 6.07) is 17.7. The lowest BCUT2D eigenvalue weighted by Gasteiger charge is -2.39. The van der Waals surface area contributed by atoms with Gasteiger partial charge in [0.15, 0.2) is 5.75 Å². The molecule has 12 heteroatoms. The van der Waals surface area contributed by atoms with Gasteiger partial charge < -0.3 is 38.6 Å². The van der Waals surface area contributed by atoms with E-state index in [0.29, 0.717) is 67.0 Å². The summed E-state index contributed by atoms with van der Waals surface area (Å²) in [6.07, 6.45) is 5.71. The zero-order chi connectivity index (χ0) is 37.3. The molecule has 3 fully saturated rings. The van der Waals surface area contributed by atoms with Crippen LogP contribution in [0.1, 0.15) is 66.7 Å². The molecule has 286 valence electrons. The molecular weight excluding hydrogens is 719 g/mol. The molecule has 53 heavy (non-hydrogen) atoms. The fourth-order valence-corrected chi connectivity index (χ4v) is 7.68. The first-order valence-corrected chi connectivity index (χ1v) is 19.4. The lowest BCUT2D eigenvalue weighted by molar-refractivity contribution is -0.139. The standard InChI is InChI=1S/C41H50Cl2N2O8/c1-27-20-37(42)39(38(43)21-27)53-19-18-51-32-9-5-30(6-10-32)35-13-14-44(41(47)48)26-36(35)40(46)45(31-7-8-31)25-29-22-28(4-3-15-49-2)23-34(24-29)52-17-16-50-33-11-12-33/h5-6,9-10,20-24,31,33,35-36H,3-4,7-8,11-19,25-26H2,1-2H3,(H,47,48)/t35-,36+/m1/s1. The van der Waals surface area contributed by atoms with Crippen molar-refractivity contribution >= 4 is 35.2 Å². The van der Waals surface area contributed by atoms with Crippen LogP contribution in [0.5, 0.6) is 17.2 Å². The van der Waals surface area contributed by atoms with Gasteiger partial charge in [0.25, 0.3) is 0 Å². The first-order chi connectivity index (χ1) is 25.7. The van der Waals surface area contributed by atoms with Gasteiger partial charge >= 0.3 is 6.09 Å². The molecule has 1 N–H and O–H groups in total. The third-order valence-electron chi connectivity index (χ3n) is 9.94. The maximum atomic E-state index is 14.6. The van der Waals surface area contributed by atoms with Crippen molar-refractivity contribution in [2.24, 2.45) is 5.92 Å². The zero-order valence-corrected chi connectivity index (χ0v) is 32.1. The largest absolute Gasteiger partial charge is 0.491 e. The number of carbonyl (C=O) groups excluding carboxylic acids is 1. The number of benzene rings is 3. The minimum atomic E-state index is -1.00. The molecule has 0 unspecified atom stereocenters. The van der Waals surface area contributed by atoms with Crippen LogP contribution in [0.15, 0.2) is 54.6 Å². The molecule has 2 amide bonds. The van der Waals surface area contributed by atoms with Crippen LogP contribution in [0.2, 0.25) is 10.0 Å². The number of rotatable bonds is 19. The van der Waals surface area contributed by atoms with E-state index in [1.54, 1.807) is 19.2 Å². The number of methoxy groups -OCH3 is 1. The van der Waals surface area contributed by atoms with Gasteiger partial charge in [-0.25, -0.2) is 4.79 Å². The predicted molar refractivity (Wildman–Crippen MR) is 204 cm³/mol. The molecule has 3 aromatic carbocycles. The summed E-state index contributed by atoms with van der Waals surface area (Å²) in [5.41, 5.74) is 4.06. The molecule has 0 bridgehead atoms. The van der Waals surface area contributed by atoms with Gasteiger partial charge in [-0.1, -0.05) is 41.4 Å². The van der Waals surface area contributed by atoms with Crippen LogP contribution in [0.25, 0.3) is 0 Å². The quantitative estimate of drug-likeness (QED) is 0.122. The van der Waals surface area contributed by atoms with Gasteiger partial charge in [0.05, 0.1) is 28.7 Å². The molecule has 1 aliphatic heterocycles. The summed E-state index contributed by atoms with van der Waals surface area (Å²) in [6.45, 7) is 5.06. The van der Waals surface area contributed by atoms with Crippen molar-refractivity contribution in [3.05, 3.63) is 86.9 Å². The summed E-state index contributed by atoms with van der Waals surface area (Å²) < 4.78 is 28.9. The number of aryl methyl sites for hydroxylation is 2. The molecule has 1 heterocycles. The van der Waals surface area contributed by atoms with E-state index in [9.17, 15) is 14.7 Å². The van der Waals surface area contributed by atoms with Gasteiger partial charge in [-0.15, -0.1) is 0 Å². The van der Waals surface area contributed by atoms with Crippen molar-refractivity contribution in [2.75, 3.05) is 53.2 Å². The van der Waals surface area contributed by atoms with Crippen molar-refractivity contribution < 1.29 is 38.4 Å². The molecule has 6 rings (SSSR count). The minimum absolute atomic E-state index is 0.0144. The van der Waals surface area contributed by atoms with E-state index in [1.165, 1.54) is 4.90 Å². The maximum absolute atomic E-state index is 14.6. The van der Waals surface area contributed by atoms with Gasteiger partial charge in [0.1, 0.15) is 31.3 Å². The van der Waals surface area contributed by atoms with Crippen molar-refractivity contribution in [3.63, 3.8) is 0 Å². The monoisotopic (exact) mass is 768 g/mol. The number of halogens is 2. The highest BCUT2D eigenvalue weighted by atomic mass is 35.5. The van der Waals surface area contributed by atoms with Crippen molar-refractivity contribution in [3.8, 4) is 17.2 Å². The topological polar surface area (TPSA) is 107 Å². The average Bonchev–Trinajstić information content (AvgIpc) is 4.08. The summed E-state index contributed by atoms with van der Waals surface area (Å²) in [5, 5.41) is 10.8. The predicted octanol–water partition coefficient (Wildman–Crippen LogP) is 8.17. The third-order valence-corrected chi connectivity index (χ3v) is 10.5. The lowest BCUT2D eigenvalue weighted by atomic mass is 9.79. The average molecular weight is 770 g/mol. The first kappa shape index (κ1) is 39.0. The molecule has 2 saturated carbocycles. The molecule has 0 aromatic heterocycles. The van der Waals surface area contributed by atoms with Crippen LogP contribution in [-0.4, -0.2) is 92.3 Å². The van der Waals surface area contributed by atoms with Crippen LogP contribution in [-0.2, 0) is 27.2 Å². The maximum Gasteiger partial charge on any atom is 0.407 e. The molecular formula is C41H50Cl2N2O8. The van der Waals surface area contributed by atoms with E-state index in [2.05, 4.69) is 12.1 Å². The fourth-order valence-electron chi connectivity index (χ4n) is 6.97. The van der Waals surface area contributed by atoms with E-state index in [4.69, 9.17) is 46.9 Å². The molecule has 2 atom stereocenters. The Kier molecular flexibility index (Phi) is 13.7. The van der Waals surface area contributed by atoms with Gasteiger partial charge in [0, 0.05) is 39.4 Å². The molecule has 3 aromatic rings. The number of likely N-dealkylation sites (tertiary alicyclic amines) is 1. The Morgan fingerprint density at radius 2 is 1.51 bits per heavy atom. The molecule has 0 spiro atoms. The number of piperidine rings is 1. The van der Waals surface area contributed by atoms with Crippen molar-refractivity contribution in [1.29, 1.82) is 0 Å². The number of amides is 2. The minimum Gasteiger partial charge on any atom is -0.491 e. The van der Waals surface area contributed by atoms with Crippen LogP contribution in [0.3, 0.4) is 0 Å². The van der Waals surface area contributed by atoms with E-state index in [-0.39, 0.29) is 37.6 Å². The second-order valence-electron chi connectivity index (χ2n) is 14.3. The molecule has 3 aliphatic rings. The number of carbonyl (C=O) groups is 2. The molecule has 2 aliphatic carbocycles. The SMILES string of the molecule is COCCCc1cc(CN(C(=O)[C@H]2CN(C(=O)O)CC[C@@H]2c2ccc(OCCOc3c(Cl)cc(C)cc3Cl)cc2)C2CC2)cc(OCCOC2CC2)c1. The van der Waals surface area contributed by atoms with Crippen LogP contribution in [0.4, 0.5) is 4.79 Å². The van der Waals surface area contributed by atoms with Crippen molar-refractivity contribution in [2.45, 2.75) is 76.5 Å². The first-order valence-electron chi connectivity index (χ1n) is 18.6. The van der Waals surface area contributed by atoms with E-state index < -0.39 is 12.0 Å². The molecule has 1 saturated heterocycles. The highest BCUT2D eigenvalue weighted by Gasteiger charge is 2.42. The van der Waals surface area contributed by atoms with Crippen LogP contribution >= 0.6 is 23.2 Å².